The number of para-hydroxylation sites is 1. The molecule has 1 heterocycles. The van der Waals surface area contributed by atoms with Gasteiger partial charge in [0.05, 0.1) is 6.10 Å². The van der Waals surface area contributed by atoms with Crippen LogP contribution in [-0.2, 0) is 0 Å². The summed E-state index contributed by atoms with van der Waals surface area (Å²) in [6.07, 6.45) is -0.785. The average Bonchev–Trinajstić information content (AvgIpc) is 2.37. The predicted molar refractivity (Wildman–Crippen MR) is 67.5 cm³/mol. The van der Waals surface area contributed by atoms with E-state index in [2.05, 4.69) is 0 Å². The molecular weight excluding hydrogens is 247 g/mol. The number of aliphatic hydroxyl groups is 1. The minimum Gasteiger partial charge on any atom is -0.508 e. The number of halogens is 1. The molecule has 0 aliphatic carbocycles. The molecule has 2 aromatic rings. The summed E-state index contributed by atoms with van der Waals surface area (Å²) in [5.74, 6) is -0.0751. The Morgan fingerprint density at radius 2 is 1.95 bits per heavy atom. The molecule has 3 nitrogen and oxygen atoms in total. The Kier molecular flexibility index (Phi) is 2.87. The highest BCUT2D eigenvalue weighted by Gasteiger charge is 2.28. The minimum absolute atomic E-state index is 0.146. The van der Waals surface area contributed by atoms with E-state index in [0.29, 0.717) is 17.7 Å². The van der Waals surface area contributed by atoms with Crippen LogP contribution in [0.5, 0.6) is 11.5 Å². The van der Waals surface area contributed by atoms with E-state index in [-0.39, 0.29) is 5.75 Å². The van der Waals surface area contributed by atoms with E-state index >= 15 is 0 Å². The van der Waals surface area contributed by atoms with Crippen LogP contribution in [0.1, 0.15) is 29.8 Å². The molecule has 0 radical (unpaired) electrons. The van der Waals surface area contributed by atoms with Crippen LogP contribution in [0, 0.1) is 5.82 Å². The normalized spacial score (nSPS) is 21.6. The fraction of sp³-hybridized carbons (Fsp3) is 0.200. The molecule has 0 fully saturated rings. The van der Waals surface area contributed by atoms with Crippen molar-refractivity contribution in [3.05, 3.63) is 59.4 Å². The molecule has 0 bridgehead atoms. The quantitative estimate of drug-likeness (QED) is 0.828. The number of ether oxygens (including phenoxy) is 1. The van der Waals surface area contributed by atoms with Crippen LogP contribution in [0.4, 0.5) is 4.39 Å². The Balaban J connectivity index is 1.96. The second-order valence-corrected chi connectivity index (χ2v) is 4.64. The number of aromatic hydroxyl groups is 1. The lowest BCUT2D eigenvalue weighted by atomic mass is 9.95. The summed E-state index contributed by atoms with van der Waals surface area (Å²) >= 11 is 0. The molecule has 0 saturated carbocycles. The van der Waals surface area contributed by atoms with Gasteiger partial charge >= 0.3 is 0 Å². The Morgan fingerprint density at radius 3 is 2.74 bits per heavy atom. The van der Waals surface area contributed by atoms with Crippen molar-refractivity contribution in [3.63, 3.8) is 0 Å². The summed E-state index contributed by atoms with van der Waals surface area (Å²) in [4.78, 5) is 0. The monoisotopic (exact) mass is 260 g/mol. The maximum absolute atomic E-state index is 13.3. The average molecular weight is 260 g/mol. The Hall–Kier alpha value is -2.07. The van der Waals surface area contributed by atoms with Crippen LogP contribution >= 0.6 is 0 Å². The van der Waals surface area contributed by atoms with E-state index in [1.807, 2.05) is 12.1 Å². The van der Waals surface area contributed by atoms with Crippen molar-refractivity contribution in [2.24, 2.45) is 0 Å². The maximum Gasteiger partial charge on any atom is 0.127 e. The first kappa shape index (κ1) is 12.0. The van der Waals surface area contributed by atoms with Crippen molar-refractivity contribution in [3.8, 4) is 11.5 Å². The van der Waals surface area contributed by atoms with Gasteiger partial charge in [-0.1, -0.05) is 18.2 Å². The van der Waals surface area contributed by atoms with Gasteiger partial charge < -0.3 is 14.9 Å². The van der Waals surface area contributed by atoms with Gasteiger partial charge in [0.2, 0.25) is 0 Å². The molecular formula is C15H13FO3. The Morgan fingerprint density at radius 1 is 1.16 bits per heavy atom. The number of rotatable bonds is 1. The van der Waals surface area contributed by atoms with Crippen LogP contribution < -0.4 is 4.74 Å². The highest BCUT2D eigenvalue weighted by atomic mass is 19.1. The van der Waals surface area contributed by atoms with Gasteiger partial charge in [0.15, 0.2) is 0 Å². The van der Waals surface area contributed by atoms with Gasteiger partial charge in [0.25, 0.3) is 0 Å². The van der Waals surface area contributed by atoms with Crippen LogP contribution in [0.15, 0.2) is 42.5 Å². The standard InChI is InChI=1S/C15H13FO3/c16-10-5-9(6-11(17)7-10)15-8-13(18)12-3-1-2-4-14(12)19-15/h1-7,13,15,17-18H,8H2/t13-,15?/m1/s1. The number of phenolic OH excluding ortho intramolecular Hbond substituents is 1. The highest BCUT2D eigenvalue weighted by molar-refractivity contribution is 5.39. The third-order valence-electron chi connectivity index (χ3n) is 3.26. The van der Waals surface area contributed by atoms with Crippen LogP contribution in [0.3, 0.4) is 0 Å². The Labute approximate surface area is 109 Å². The van der Waals surface area contributed by atoms with Gasteiger partial charge in [0.1, 0.15) is 23.4 Å². The fourth-order valence-corrected chi connectivity index (χ4v) is 2.38. The molecule has 2 atom stereocenters. The van der Waals surface area contributed by atoms with E-state index in [4.69, 9.17) is 4.74 Å². The lowest BCUT2D eigenvalue weighted by molar-refractivity contribution is 0.0655. The van der Waals surface area contributed by atoms with Gasteiger partial charge in [-0.05, 0) is 23.8 Å². The summed E-state index contributed by atoms with van der Waals surface area (Å²) in [7, 11) is 0. The van der Waals surface area contributed by atoms with Crippen molar-refractivity contribution in [1.82, 2.24) is 0 Å². The first-order chi connectivity index (χ1) is 9.13. The van der Waals surface area contributed by atoms with Crippen LogP contribution in [0.2, 0.25) is 0 Å². The summed E-state index contributed by atoms with van der Waals surface area (Å²) in [5.41, 5.74) is 1.26. The van der Waals surface area contributed by atoms with E-state index in [1.165, 1.54) is 12.1 Å². The maximum atomic E-state index is 13.3. The van der Waals surface area contributed by atoms with Gasteiger partial charge in [-0.3, -0.25) is 0 Å². The molecule has 1 aliphatic heterocycles. The molecule has 0 saturated heterocycles. The molecule has 4 heteroatoms. The largest absolute Gasteiger partial charge is 0.508 e. The van der Waals surface area contributed by atoms with E-state index in [0.717, 1.165) is 11.6 Å². The molecule has 3 rings (SSSR count). The van der Waals surface area contributed by atoms with Gasteiger partial charge in [-0.25, -0.2) is 4.39 Å². The van der Waals surface area contributed by atoms with E-state index in [1.54, 1.807) is 12.1 Å². The molecule has 2 aromatic carbocycles. The van der Waals surface area contributed by atoms with Crippen molar-refractivity contribution < 1.29 is 19.3 Å². The summed E-state index contributed by atoms with van der Waals surface area (Å²) < 4.78 is 19.1. The molecule has 0 spiro atoms. The zero-order chi connectivity index (χ0) is 13.4. The number of fused-ring (bicyclic) bond motifs is 1. The molecule has 0 amide bonds. The predicted octanol–water partition coefficient (Wildman–Crippen LogP) is 3.09. The minimum atomic E-state index is -0.652. The van der Waals surface area contributed by atoms with Crippen molar-refractivity contribution in [2.75, 3.05) is 0 Å². The summed E-state index contributed by atoms with van der Waals surface area (Å²) in [6.45, 7) is 0. The van der Waals surface area contributed by atoms with Crippen molar-refractivity contribution in [1.29, 1.82) is 0 Å². The SMILES string of the molecule is Oc1cc(F)cc(C2C[C@@H](O)c3ccccc3O2)c1. The lowest BCUT2D eigenvalue weighted by Crippen LogP contribution is -2.19. The van der Waals surface area contributed by atoms with E-state index < -0.39 is 18.0 Å². The summed E-state index contributed by atoms with van der Waals surface area (Å²) in [5, 5.41) is 19.5. The smallest absolute Gasteiger partial charge is 0.127 e. The number of benzene rings is 2. The third-order valence-corrected chi connectivity index (χ3v) is 3.26. The molecule has 19 heavy (non-hydrogen) atoms. The van der Waals surface area contributed by atoms with Crippen molar-refractivity contribution in [2.45, 2.75) is 18.6 Å². The van der Waals surface area contributed by atoms with Gasteiger partial charge in [-0.15, -0.1) is 0 Å². The van der Waals surface area contributed by atoms with Gasteiger partial charge in [-0.2, -0.15) is 0 Å². The lowest BCUT2D eigenvalue weighted by Gasteiger charge is -2.29. The molecule has 98 valence electrons. The summed E-state index contributed by atoms with van der Waals surface area (Å²) in [6, 6.07) is 11.0. The zero-order valence-electron chi connectivity index (χ0n) is 10.1. The first-order valence-corrected chi connectivity index (χ1v) is 6.06. The molecule has 1 aliphatic rings. The zero-order valence-corrected chi connectivity index (χ0v) is 10.1. The second-order valence-electron chi connectivity index (χ2n) is 4.64. The first-order valence-electron chi connectivity index (χ1n) is 6.06. The molecule has 1 unspecified atom stereocenters. The number of aliphatic hydroxyl groups excluding tert-OH is 1. The highest BCUT2D eigenvalue weighted by Crippen LogP contribution is 2.41. The van der Waals surface area contributed by atoms with Crippen LogP contribution in [0.25, 0.3) is 0 Å². The third kappa shape index (κ3) is 2.27. The number of phenols is 1. The van der Waals surface area contributed by atoms with Crippen LogP contribution in [-0.4, -0.2) is 10.2 Å². The fourth-order valence-electron chi connectivity index (χ4n) is 2.38. The topological polar surface area (TPSA) is 49.7 Å². The number of hydrogen-bond acceptors (Lipinski definition) is 3. The Bertz CT molecular complexity index is 592. The van der Waals surface area contributed by atoms with Crippen molar-refractivity contribution >= 4 is 0 Å². The van der Waals surface area contributed by atoms with Gasteiger partial charge in [0, 0.05) is 18.1 Å². The molecule has 2 N–H and O–H groups in total. The second kappa shape index (κ2) is 4.55. The van der Waals surface area contributed by atoms with E-state index in [9.17, 15) is 14.6 Å². The molecule has 0 aromatic heterocycles. The number of hydrogen-bond donors (Lipinski definition) is 2.